The van der Waals surface area contributed by atoms with E-state index in [9.17, 15) is 0 Å². The predicted molar refractivity (Wildman–Crippen MR) is 52.7 cm³/mol. The Balaban J connectivity index is 2.34. The molecule has 1 aliphatic rings. The summed E-state index contributed by atoms with van der Waals surface area (Å²) in [7, 11) is 3.76. The summed E-state index contributed by atoms with van der Waals surface area (Å²) in [6.07, 6.45) is 1.32. The van der Waals surface area contributed by atoms with E-state index in [1.807, 2.05) is 7.05 Å². The zero-order valence-electron chi connectivity index (χ0n) is 8.08. The zero-order chi connectivity index (χ0) is 9.26. The van der Waals surface area contributed by atoms with Gasteiger partial charge in [0.2, 0.25) is 0 Å². The van der Waals surface area contributed by atoms with Crippen molar-refractivity contribution in [2.75, 3.05) is 14.2 Å². The molecule has 2 atom stereocenters. The Morgan fingerprint density at radius 2 is 2.15 bits per heavy atom. The first kappa shape index (κ1) is 8.73. The Morgan fingerprint density at radius 1 is 1.38 bits per heavy atom. The van der Waals surface area contributed by atoms with E-state index in [1.54, 1.807) is 7.11 Å². The molecule has 13 heavy (non-hydrogen) atoms. The van der Waals surface area contributed by atoms with Crippen molar-refractivity contribution in [1.29, 1.82) is 0 Å². The van der Waals surface area contributed by atoms with Crippen LogP contribution in [0.15, 0.2) is 24.3 Å². The largest absolute Gasteiger partial charge is 0.379 e. The van der Waals surface area contributed by atoms with Crippen molar-refractivity contribution in [1.82, 2.24) is 5.32 Å². The van der Waals surface area contributed by atoms with E-state index < -0.39 is 0 Å². The highest BCUT2D eigenvalue weighted by Crippen LogP contribution is 2.32. The predicted octanol–water partition coefficient (Wildman–Crippen LogP) is 1.52. The van der Waals surface area contributed by atoms with Gasteiger partial charge in [0.15, 0.2) is 0 Å². The lowest BCUT2D eigenvalue weighted by atomic mass is 10.1. The Bertz CT molecular complexity index is 298. The van der Waals surface area contributed by atoms with Crippen LogP contribution >= 0.6 is 0 Å². The summed E-state index contributed by atoms with van der Waals surface area (Å²) >= 11 is 0. The lowest BCUT2D eigenvalue weighted by molar-refractivity contribution is 0.0815. The molecule has 1 aromatic rings. The van der Waals surface area contributed by atoms with Gasteiger partial charge in [0, 0.05) is 13.5 Å². The first-order valence-corrected chi connectivity index (χ1v) is 4.64. The van der Waals surface area contributed by atoms with Crippen LogP contribution in [0.4, 0.5) is 0 Å². The van der Waals surface area contributed by atoms with Crippen LogP contribution in [-0.4, -0.2) is 20.3 Å². The van der Waals surface area contributed by atoms with Crippen molar-refractivity contribution in [2.24, 2.45) is 0 Å². The van der Waals surface area contributed by atoms with E-state index in [4.69, 9.17) is 4.74 Å². The lowest BCUT2D eigenvalue weighted by Crippen LogP contribution is -2.27. The number of hydrogen-bond acceptors (Lipinski definition) is 2. The fourth-order valence-corrected chi connectivity index (χ4v) is 2.12. The smallest absolute Gasteiger partial charge is 0.0806 e. The molecule has 0 amide bonds. The number of benzene rings is 1. The minimum absolute atomic E-state index is 0.294. The van der Waals surface area contributed by atoms with Crippen LogP contribution in [-0.2, 0) is 11.2 Å². The van der Waals surface area contributed by atoms with Gasteiger partial charge in [-0.3, -0.25) is 0 Å². The number of hydrogen-bond donors (Lipinski definition) is 1. The topological polar surface area (TPSA) is 21.3 Å². The molecule has 2 heteroatoms. The number of methoxy groups -OCH3 is 1. The highest BCUT2D eigenvalue weighted by atomic mass is 16.5. The van der Waals surface area contributed by atoms with Crippen LogP contribution in [0.5, 0.6) is 0 Å². The average Bonchev–Trinajstić information content (AvgIpc) is 2.55. The highest BCUT2D eigenvalue weighted by molar-refractivity contribution is 5.36. The third kappa shape index (κ3) is 1.36. The number of fused-ring (bicyclic) bond motifs is 1. The maximum atomic E-state index is 5.43. The Kier molecular flexibility index (Phi) is 2.34. The SMILES string of the molecule is CN[C@@H]1c2ccccc2C[C@@H]1OC. The van der Waals surface area contributed by atoms with E-state index >= 15 is 0 Å². The van der Waals surface area contributed by atoms with Gasteiger partial charge in [0.05, 0.1) is 12.1 Å². The number of nitrogens with one attached hydrogen (secondary N) is 1. The molecule has 0 unspecified atom stereocenters. The lowest BCUT2D eigenvalue weighted by Gasteiger charge is -2.17. The first-order chi connectivity index (χ1) is 6.36. The van der Waals surface area contributed by atoms with Crippen molar-refractivity contribution < 1.29 is 4.74 Å². The van der Waals surface area contributed by atoms with Gasteiger partial charge in [-0.1, -0.05) is 24.3 Å². The molecule has 0 bridgehead atoms. The van der Waals surface area contributed by atoms with Crippen LogP contribution in [0.2, 0.25) is 0 Å². The maximum Gasteiger partial charge on any atom is 0.0806 e. The van der Waals surface area contributed by atoms with Crippen LogP contribution in [0.3, 0.4) is 0 Å². The van der Waals surface area contributed by atoms with Gasteiger partial charge in [0.1, 0.15) is 0 Å². The fraction of sp³-hybridized carbons (Fsp3) is 0.455. The molecule has 1 aliphatic carbocycles. The monoisotopic (exact) mass is 177 g/mol. The van der Waals surface area contributed by atoms with Crippen LogP contribution in [0.25, 0.3) is 0 Å². The molecule has 70 valence electrons. The number of likely N-dealkylation sites (N-methyl/N-ethyl adjacent to an activating group) is 1. The molecular formula is C11H15NO. The third-order valence-electron chi connectivity index (χ3n) is 2.80. The van der Waals surface area contributed by atoms with Gasteiger partial charge in [-0.2, -0.15) is 0 Å². The minimum Gasteiger partial charge on any atom is -0.379 e. The summed E-state index contributed by atoms with van der Waals surface area (Å²) in [5.41, 5.74) is 2.80. The van der Waals surface area contributed by atoms with E-state index in [1.165, 1.54) is 11.1 Å². The van der Waals surface area contributed by atoms with Crippen molar-refractivity contribution >= 4 is 0 Å². The molecule has 0 radical (unpaired) electrons. The fourth-order valence-electron chi connectivity index (χ4n) is 2.12. The van der Waals surface area contributed by atoms with Gasteiger partial charge in [-0.15, -0.1) is 0 Å². The molecule has 2 rings (SSSR count). The van der Waals surface area contributed by atoms with E-state index in [0.717, 1.165) is 6.42 Å². The van der Waals surface area contributed by atoms with E-state index in [2.05, 4.69) is 29.6 Å². The molecule has 0 aromatic heterocycles. The van der Waals surface area contributed by atoms with Crippen molar-refractivity contribution in [3.63, 3.8) is 0 Å². The van der Waals surface area contributed by atoms with Crippen LogP contribution < -0.4 is 5.32 Å². The second-order valence-corrected chi connectivity index (χ2v) is 3.44. The molecule has 1 N–H and O–H groups in total. The van der Waals surface area contributed by atoms with Crippen molar-refractivity contribution in [3.8, 4) is 0 Å². The third-order valence-corrected chi connectivity index (χ3v) is 2.80. The molecule has 0 aliphatic heterocycles. The quantitative estimate of drug-likeness (QED) is 0.739. The van der Waals surface area contributed by atoms with Gasteiger partial charge in [-0.05, 0) is 18.2 Å². The molecule has 0 spiro atoms. The normalized spacial score (nSPS) is 26.0. The number of rotatable bonds is 2. The maximum absolute atomic E-state index is 5.43. The summed E-state index contributed by atoms with van der Waals surface area (Å²) in [5.74, 6) is 0. The minimum atomic E-state index is 0.294. The van der Waals surface area contributed by atoms with Crippen LogP contribution in [0.1, 0.15) is 17.2 Å². The molecule has 0 saturated heterocycles. The Hall–Kier alpha value is -0.860. The molecule has 0 saturated carbocycles. The zero-order valence-corrected chi connectivity index (χ0v) is 8.08. The summed E-state index contributed by atoms with van der Waals surface area (Å²) in [5, 5.41) is 3.30. The second-order valence-electron chi connectivity index (χ2n) is 3.44. The highest BCUT2D eigenvalue weighted by Gasteiger charge is 2.30. The van der Waals surface area contributed by atoms with E-state index in [0.29, 0.717) is 12.1 Å². The van der Waals surface area contributed by atoms with Crippen molar-refractivity contribution in [3.05, 3.63) is 35.4 Å². The van der Waals surface area contributed by atoms with Gasteiger partial charge in [-0.25, -0.2) is 0 Å². The number of ether oxygens (including phenoxy) is 1. The van der Waals surface area contributed by atoms with E-state index in [-0.39, 0.29) is 0 Å². The molecular weight excluding hydrogens is 162 g/mol. The Labute approximate surface area is 78.9 Å². The summed E-state index contributed by atoms with van der Waals surface area (Å²) in [6.45, 7) is 0. The Morgan fingerprint density at radius 3 is 2.85 bits per heavy atom. The summed E-state index contributed by atoms with van der Waals surface area (Å²) in [6, 6.07) is 8.89. The molecule has 2 nitrogen and oxygen atoms in total. The summed E-state index contributed by atoms with van der Waals surface area (Å²) in [4.78, 5) is 0. The second kappa shape index (κ2) is 3.48. The van der Waals surface area contributed by atoms with Gasteiger partial charge in [0.25, 0.3) is 0 Å². The van der Waals surface area contributed by atoms with Crippen LogP contribution in [0, 0.1) is 0 Å². The average molecular weight is 177 g/mol. The standard InChI is InChI=1S/C11H15NO/c1-12-11-9-6-4-3-5-8(9)7-10(11)13-2/h3-6,10-12H,7H2,1-2H3/t10-,11+/m0/s1. The van der Waals surface area contributed by atoms with Gasteiger partial charge >= 0.3 is 0 Å². The van der Waals surface area contributed by atoms with Gasteiger partial charge < -0.3 is 10.1 Å². The molecule has 0 fully saturated rings. The summed E-state index contributed by atoms with van der Waals surface area (Å²) < 4.78 is 5.43. The molecule has 1 aromatic carbocycles. The molecule has 0 heterocycles. The first-order valence-electron chi connectivity index (χ1n) is 4.64. The van der Waals surface area contributed by atoms with Crippen molar-refractivity contribution in [2.45, 2.75) is 18.6 Å².